The molecular formula is C22H19F3N2O. The first-order valence-electron chi connectivity index (χ1n) is 8.70. The second-order valence-electron chi connectivity index (χ2n) is 6.35. The summed E-state index contributed by atoms with van der Waals surface area (Å²) in [5.74, 6) is -0.205. The Kier molecular flexibility index (Phi) is 5.68. The summed E-state index contributed by atoms with van der Waals surface area (Å²) in [4.78, 5) is 12.3. The minimum Gasteiger partial charge on any atom is -0.381 e. The molecule has 0 aliphatic rings. The average molecular weight is 384 g/mol. The lowest BCUT2D eigenvalue weighted by atomic mass is 10.1. The van der Waals surface area contributed by atoms with Crippen molar-refractivity contribution in [1.82, 2.24) is 0 Å². The maximum absolute atomic E-state index is 12.6. The molecule has 2 N–H and O–H groups in total. The van der Waals surface area contributed by atoms with E-state index in [1.807, 2.05) is 25.1 Å². The Morgan fingerprint density at radius 3 is 2.14 bits per heavy atom. The number of alkyl halides is 3. The molecule has 0 saturated carbocycles. The second-order valence-corrected chi connectivity index (χ2v) is 6.35. The minimum atomic E-state index is -4.34. The highest BCUT2D eigenvalue weighted by Crippen LogP contribution is 2.29. The van der Waals surface area contributed by atoms with E-state index in [1.54, 1.807) is 30.3 Å². The Hall–Kier alpha value is -3.28. The molecular weight excluding hydrogens is 365 g/mol. The summed E-state index contributed by atoms with van der Waals surface area (Å²) in [6.45, 7) is 2.24. The zero-order valence-corrected chi connectivity index (χ0v) is 15.2. The number of hydrogen-bond donors (Lipinski definition) is 2. The molecule has 3 aromatic carbocycles. The molecule has 0 radical (unpaired) electrons. The fourth-order valence-electron chi connectivity index (χ4n) is 2.76. The Morgan fingerprint density at radius 1 is 0.857 bits per heavy atom. The van der Waals surface area contributed by atoms with E-state index in [2.05, 4.69) is 10.6 Å². The largest absolute Gasteiger partial charge is 0.416 e. The molecule has 6 heteroatoms. The summed E-state index contributed by atoms with van der Waals surface area (Å²) < 4.78 is 37.9. The number of carbonyl (C=O) groups is 1. The quantitative estimate of drug-likeness (QED) is 0.577. The highest BCUT2D eigenvalue weighted by molar-refractivity contribution is 6.04. The van der Waals surface area contributed by atoms with E-state index in [9.17, 15) is 18.0 Å². The van der Waals surface area contributed by atoms with E-state index in [-0.39, 0.29) is 5.91 Å². The van der Waals surface area contributed by atoms with Crippen LogP contribution in [-0.2, 0) is 12.7 Å². The molecule has 0 aromatic heterocycles. The van der Waals surface area contributed by atoms with Crippen molar-refractivity contribution >= 4 is 17.3 Å². The Bertz CT molecular complexity index is 952. The first kappa shape index (κ1) is 19.5. The number of halogens is 3. The van der Waals surface area contributed by atoms with Crippen LogP contribution in [-0.4, -0.2) is 5.91 Å². The molecule has 3 nitrogen and oxygen atoms in total. The number of anilines is 2. The first-order valence-corrected chi connectivity index (χ1v) is 8.70. The molecule has 0 bridgehead atoms. The molecule has 0 spiro atoms. The molecule has 0 heterocycles. The van der Waals surface area contributed by atoms with Gasteiger partial charge in [-0.2, -0.15) is 13.2 Å². The van der Waals surface area contributed by atoms with Crippen LogP contribution < -0.4 is 10.6 Å². The lowest BCUT2D eigenvalue weighted by molar-refractivity contribution is -0.137. The molecule has 0 atom stereocenters. The predicted octanol–water partition coefficient (Wildman–Crippen LogP) is 5.88. The Labute approximate surface area is 161 Å². The van der Waals surface area contributed by atoms with Gasteiger partial charge in [0, 0.05) is 23.5 Å². The van der Waals surface area contributed by atoms with E-state index in [1.165, 1.54) is 12.1 Å². The smallest absolute Gasteiger partial charge is 0.381 e. The number of nitrogens with one attached hydrogen (secondary N) is 2. The van der Waals surface area contributed by atoms with Gasteiger partial charge in [0.25, 0.3) is 5.91 Å². The zero-order valence-electron chi connectivity index (χ0n) is 15.2. The van der Waals surface area contributed by atoms with Crippen LogP contribution in [0.25, 0.3) is 0 Å². The average Bonchev–Trinajstić information content (AvgIpc) is 2.69. The van der Waals surface area contributed by atoms with Gasteiger partial charge in [0.15, 0.2) is 0 Å². The first-order chi connectivity index (χ1) is 13.3. The van der Waals surface area contributed by atoms with Gasteiger partial charge in [0.1, 0.15) is 0 Å². The van der Waals surface area contributed by atoms with Gasteiger partial charge in [-0.3, -0.25) is 4.79 Å². The number of benzene rings is 3. The topological polar surface area (TPSA) is 41.1 Å². The molecule has 0 aliphatic carbocycles. The van der Waals surface area contributed by atoms with Crippen LogP contribution in [0.3, 0.4) is 0 Å². The normalized spacial score (nSPS) is 11.1. The minimum absolute atomic E-state index is 0.205. The number of carbonyl (C=O) groups excluding carboxylic acids is 1. The lowest BCUT2D eigenvalue weighted by Gasteiger charge is -2.15. The van der Waals surface area contributed by atoms with E-state index in [4.69, 9.17) is 0 Å². The number of amides is 1. The van der Waals surface area contributed by atoms with Gasteiger partial charge >= 0.3 is 6.18 Å². The summed E-state index contributed by atoms with van der Waals surface area (Å²) in [6.07, 6.45) is -4.34. The molecule has 28 heavy (non-hydrogen) atoms. The summed E-state index contributed by atoms with van der Waals surface area (Å²) in [5.41, 5.74) is 2.94. The van der Waals surface area contributed by atoms with Gasteiger partial charge in [-0.15, -0.1) is 0 Å². The van der Waals surface area contributed by atoms with Gasteiger partial charge in [0.05, 0.1) is 5.56 Å². The van der Waals surface area contributed by atoms with Crippen LogP contribution in [0.5, 0.6) is 0 Å². The standard InChI is InChI=1S/C22H19F3N2O/c1-15-19(26-14-16-10-12-18(13-11-16)22(23,24)25)8-5-9-20(15)27-21(28)17-6-3-2-4-7-17/h2-13,26H,14H2,1H3,(H,27,28). The molecule has 3 aromatic rings. The van der Waals surface area contributed by atoms with Crippen molar-refractivity contribution in [2.24, 2.45) is 0 Å². The third-order valence-electron chi connectivity index (χ3n) is 4.38. The van der Waals surface area contributed by atoms with Crippen LogP contribution in [0.2, 0.25) is 0 Å². The van der Waals surface area contributed by atoms with E-state index < -0.39 is 11.7 Å². The van der Waals surface area contributed by atoms with Crippen LogP contribution in [0.15, 0.2) is 72.8 Å². The molecule has 1 amide bonds. The third-order valence-corrected chi connectivity index (χ3v) is 4.38. The summed E-state index contributed by atoms with van der Waals surface area (Å²) in [7, 11) is 0. The van der Waals surface area contributed by atoms with Gasteiger partial charge < -0.3 is 10.6 Å². The fraction of sp³-hybridized carbons (Fsp3) is 0.136. The molecule has 0 saturated heterocycles. The zero-order chi connectivity index (χ0) is 20.1. The predicted molar refractivity (Wildman–Crippen MR) is 104 cm³/mol. The maximum Gasteiger partial charge on any atom is 0.416 e. The Balaban J connectivity index is 1.68. The van der Waals surface area contributed by atoms with Crippen LogP contribution >= 0.6 is 0 Å². The van der Waals surface area contributed by atoms with Crippen molar-refractivity contribution in [3.63, 3.8) is 0 Å². The van der Waals surface area contributed by atoms with Gasteiger partial charge in [0.2, 0.25) is 0 Å². The van der Waals surface area contributed by atoms with Crippen molar-refractivity contribution in [2.75, 3.05) is 10.6 Å². The van der Waals surface area contributed by atoms with Gasteiger partial charge in [-0.05, 0) is 54.4 Å². The molecule has 0 aliphatic heterocycles. The van der Waals surface area contributed by atoms with Crippen molar-refractivity contribution < 1.29 is 18.0 Å². The number of rotatable bonds is 5. The van der Waals surface area contributed by atoms with E-state index >= 15 is 0 Å². The fourth-order valence-corrected chi connectivity index (χ4v) is 2.76. The van der Waals surface area contributed by atoms with Crippen molar-refractivity contribution in [3.8, 4) is 0 Å². The molecule has 3 rings (SSSR count). The highest BCUT2D eigenvalue weighted by atomic mass is 19.4. The highest BCUT2D eigenvalue weighted by Gasteiger charge is 2.29. The molecule has 0 fully saturated rings. The SMILES string of the molecule is Cc1c(NCc2ccc(C(F)(F)F)cc2)cccc1NC(=O)c1ccccc1. The number of hydrogen-bond acceptors (Lipinski definition) is 2. The van der Waals surface area contributed by atoms with E-state index in [0.717, 1.165) is 28.9 Å². The van der Waals surface area contributed by atoms with Crippen LogP contribution in [0, 0.1) is 6.92 Å². The summed E-state index contributed by atoms with van der Waals surface area (Å²) in [5, 5.41) is 6.09. The maximum atomic E-state index is 12.6. The Morgan fingerprint density at radius 2 is 1.50 bits per heavy atom. The van der Waals surface area contributed by atoms with Crippen molar-refractivity contribution in [3.05, 3.63) is 95.1 Å². The summed E-state index contributed by atoms with van der Waals surface area (Å²) >= 11 is 0. The second kappa shape index (κ2) is 8.17. The molecule has 0 unspecified atom stereocenters. The summed E-state index contributed by atoms with van der Waals surface area (Å²) in [6, 6.07) is 19.4. The lowest BCUT2D eigenvalue weighted by Crippen LogP contribution is -2.13. The van der Waals surface area contributed by atoms with Crippen LogP contribution in [0.1, 0.15) is 27.0 Å². The van der Waals surface area contributed by atoms with E-state index in [0.29, 0.717) is 17.8 Å². The van der Waals surface area contributed by atoms with Gasteiger partial charge in [-0.25, -0.2) is 0 Å². The van der Waals surface area contributed by atoms with Crippen molar-refractivity contribution in [1.29, 1.82) is 0 Å². The van der Waals surface area contributed by atoms with Gasteiger partial charge in [-0.1, -0.05) is 36.4 Å². The molecule has 144 valence electrons. The monoisotopic (exact) mass is 384 g/mol. The van der Waals surface area contributed by atoms with Crippen LogP contribution in [0.4, 0.5) is 24.5 Å². The van der Waals surface area contributed by atoms with Crippen molar-refractivity contribution in [2.45, 2.75) is 19.6 Å². The third kappa shape index (κ3) is 4.71.